The van der Waals surface area contributed by atoms with Crippen LogP contribution in [0, 0.1) is 6.92 Å². The summed E-state index contributed by atoms with van der Waals surface area (Å²) in [5.41, 5.74) is 2.47. The number of carbonyl (C=O) groups is 2. The van der Waals surface area contributed by atoms with Gasteiger partial charge in [-0.25, -0.2) is 4.79 Å². The lowest BCUT2D eigenvalue weighted by atomic mass is 10.1. The maximum atomic E-state index is 12.7. The zero-order valence-corrected chi connectivity index (χ0v) is 18.2. The Bertz CT molecular complexity index is 1170. The number of ketones is 1. The molecule has 0 radical (unpaired) electrons. The Balaban J connectivity index is 1.58. The average molecular weight is 484 g/mol. The van der Waals surface area contributed by atoms with E-state index in [1.54, 1.807) is 49.4 Å². The van der Waals surface area contributed by atoms with Crippen molar-refractivity contribution in [3.8, 4) is 11.5 Å². The highest BCUT2D eigenvalue weighted by molar-refractivity contribution is 9.10. The van der Waals surface area contributed by atoms with Crippen LogP contribution >= 0.6 is 27.5 Å². The van der Waals surface area contributed by atoms with Gasteiger partial charge in [-0.3, -0.25) is 4.79 Å². The van der Waals surface area contributed by atoms with Crippen molar-refractivity contribution in [1.82, 2.24) is 0 Å². The van der Waals surface area contributed by atoms with Crippen molar-refractivity contribution < 1.29 is 19.1 Å². The molecule has 0 N–H and O–H groups in total. The Labute approximate surface area is 187 Å². The number of fused-ring (bicyclic) bond motifs is 1. The van der Waals surface area contributed by atoms with Crippen LogP contribution in [-0.4, -0.2) is 11.8 Å². The zero-order chi connectivity index (χ0) is 21.3. The van der Waals surface area contributed by atoms with E-state index in [0.717, 1.165) is 10.0 Å². The van der Waals surface area contributed by atoms with Crippen LogP contribution in [0.2, 0.25) is 0 Å². The second-order valence-corrected chi connectivity index (χ2v) is 8.11. The molecule has 0 fully saturated rings. The number of esters is 1. The van der Waals surface area contributed by atoms with Crippen LogP contribution in [-0.2, 0) is 4.79 Å². The minimum absolute atomic E-state index is 0.217. The number of carbonyl (C=O) groups excluding carboxylic acids is 2. The van der Waals surface area contributed by atoms with Gasteiger partial charge in [0.25, 0.3) is 0 Å². The van der Waals surface area contributed by atoms with Gasteiger partial charge in [-0.05, 0) is 48.4 Å². The summed E-state index contributed by atoms with van der Waals surface area (Å²) in [6, 6.07) is 19.7. The molecule has 0 aliphatic carbocycles. The van der Waals surface area contributed by atoms with Crippen LogP contribution in [0.1, 0.15) is 32.4 Å². The standard InChI is InChI=1S/C24H16BrClO4/c1-14-19(30-24(28)21(26)16-7-3-2-4-8-16)11-10-18-22(27)20(29-23(14)18)13-15-6-5-9-17(25)12-15/h2-13,21H,1H3/b20-13-. The fraction of sp³-hybridized carbons (Fsp3) is 0.0833. The van der Waals surface area contributed by atoms with Crippen molar-refractivity contribution in [3.63, 3.8) is 0 Å². The van der Waals surface area contributed by atoms with Crippen molar-refractivity contribution in [1.29, 1.82) is 0 Å². The van der Waals surface area contributed by atoms with E-state index in [1.165, 1.54) is 0 Å². The number of Topliss-reactive ketones (excluding diaryl/α,β-unsaturated/α-hetero) is 1. The van der Waals surface area contributed by atoms with Crippen LogP contribution < -0.4 is 9.47 Å². The van der Waals surface area contributed by atoms with Crippen molar-refractivity contribution in [3.05, 3.63) is 99.2 Å². The molecule has 1 unspecified atom stereocenters. The van der Waals surface area contributed by atoms with Crippen molar-refractivity contribution in [2.75, 3.05) is 0 Å². The number of halogens is 2. The number of allylic oxidation sites excluding steroid dienone is 1. The number of hydrogen-bond acceptors (Lipinski definition) is 4. The lowest BCUT2D eigenvalue weighted by Gasteiger charge is -2.13. The van der Waals surface area contributed by atoms with Gasteiger partial charge >= 0.3 is 5.97 Å². The summed E-state index contributed by atoms with van der Waals surface area (Å²) < 4.78 is 12.2. The molecule has 0 aromatic heterocycles. The molecule has 150 valence electrons. The summed E-state index contributed by atoms with van der Waals surface area (Å²) in [4.78, 5) is 25.2. The van der Waals surface area contributed by atoms with Gasteiger partial charge in [0.1, 0.15) is 11.5 Å². The molecule has 30 heavy (non-hydrogen) atoms. The largest absolute Gasteiger partial charge is 0.452 e. The van der Waals surface area contributed by atoms with E-state index < -0.39 is 11.3 Å². The van der Waals surface area contributed by atoms with Crippen molar-refractivity contribution in [2.24, 2.45) is 0 Å². The molecule has 1 heterocycles. The van der Waals surface area contributed by atoms with Crippen molar-refractivity contribution >= 4 is 45.4 Å². The highest BCUT2D eigenvalue weighted by atomic mass is 79.9. The third-order valence-corrected chi connectivity index (χ3v) is 5.62. The molecular formula is C24H16BrClO4. The van der Waals surface area contributed by atoms with E-state index in [-0.39, 0.29) is 11.5 Å². The second-order valence-electron chi connectivity index (χ2n) is 6.75. The predicted molar refractivity (Wildman–Crippen MR) is 119 cm³/mol. The van der Waals surface area contributed by atoms with Gasteiger partial charge in [-0.1, -0.05) is 58.4 Å². The molecule has 6 heteroatoms. The van der Waals surface area contributed by atoms with Gasteiger partial charge in [-0.15, -0.1) is 11.6 Å². The quantitative estimate of drug-likeness (QED) is 0.190. The molecule has 1 atom stereocenters. The fourth-order valence-corrected chi connectivity index (χ4v) is 3.75. The molecule has 0 amide bonds. The number of benzene rings is 3. The fourth-order valence-electron chi connectivity index (χ4n) is 3.14. The molecule has 0 saturated carbocycles. The minimum atomic E-state index is -0.937. The zero-order valence-electron chi connectivity index (χ0n) is 15.9. The number of alkyl halides is 1. The smallest absolute Gasteiger partial charge is 0.334 e. The predicted octanol–water partition coefficient (Wildman–Crippen LogP) is 6.26. The molecule has 3 aromatic rings. The molecule has 1 aliphatic rings. The second kappa shape index (κ2) is 8.46. The van der Waals surface area contributed by atoms with Crippen LogP contribution in [0.5, 0.6) is 11.5 Å². The van der Waals surface area contributed by atoms with Crippen LogP contribution in [0.15, 0.2) is 77.0 Å². The van der Waals surface area contributed by atoms with E-state index in [0.29, 0.717) is 28.2 Å². The Morgan fingerprint density at radius 1 is 1.10 bits per heavy atom. The lowest BCUT2D eigenvalue weighted by Crippen LogP contribution is -2.15. The Morgan fingerprint density at radius 2 is 1.87 bits per heavy atom. The van der Waals surface area contributed by atoms with Gasteiger partial charge in [0.05, 0.1) is 5.56 Å². The van der Waals surface area contributed by atoms with Crippen molar-refractivity contribution in [2.45, 2.75) is 12.3 Å². The summed E-state index contributed by atoms with van der Waals surface area (Å²) in [5.74, 6) is 0.0917. The van der Waals surface area contributed by atoms with Gasteiger partial charge in [-0.2, -0.15) is 0 Å². The molecule has 3 aromatic carbocycles. The van der Waals surface area contributed by atoms with Gasteiger partial charge in [0.15, 0.2) is 11.1 Å². The molecule has 0 saturated heterocycles. The summed E-state index contributed by atoms with van der Waals surface area (Å²) in [7, 11) is 0. The normalized spacial score (nSPS) is 14.9. The highest BCUT2D eigenvalue weighted by Crippen LogP contribution is 2.40. The Hall–Kier alpha value is -2.89. The number of ether oxygens (including phenoxy) is 2. The minimum Gasteiger partial charge on any atom is -0.452 e. The molecular weight excluding hydrogens is 468 g/mol. The molecule has 0 spiro atoms. The summed E-state index contributed by atoms with van der Waals surface area (Å²) in [5, 5.41) is -0.937. The first kappa shape index (κ1) is 20.4. The Morgan fingerprint density at radius 3 is 2.60 bits per heavy atom. The third-order valence-electron chi connectivity index (χ3n) is 4.69. The van der Waals surface area contributed by atoms with E-state index in [1.807, 2.05) is 30.3 Å². The first-order valence-corrected chi connectivity index (χ1v) is 10.4. The van der Waals surface area contributed by atoms with Crippen LogP contribution in [0.25, 0.3) is 6.08 Å². The first-order valence-electron chi connectivity index (χ1n) is 9.18. The number of hydrogen-bond donors (Lipinski definition) is 0. The topological polar surface area (TPSA) is 52.6 Å². The average Bonchev–Trinajstić information content (AvgIpc) is 3.06. The SMILES string of the molecule is Cc1c(OC(=O)C(Cl)c2ccccc2)ccc2c1O/C(=C\c1cccc(Br)c1)C2=O. The lowest BCUT2D eigenvalue weighted by molar-refractivity contribution is -0.134. The third kappa shape index (κ3) is 4.04. The van der Waals surface area contributed by atoms with Gasteiger partial charge in [0, 0.05) is 10.0 Å². The van der Waals surface area contributed by atoms with E-state index in [9.17, 15) is 9.59 Å². The van der Waals surface area contributed by atoms with E-state index in [4.69, 9.17) is 21.1 Å². The summed E-state index contributed by atoms with van der Waals surface area (Å²) >= 11 is 9.67. The number of rotatable bonds is 4. The maximum Gasteiger partial charge on any atom is 0.334 e. The molecule has 1 aliphatic heterocycles. The maximum absolute atomic E-state index is 12.7. The summed E-state index contributed by atoms with van der Waals surface area (Å²) in [6.45, 7) is 1.74. The van der Waals surface area contributed by atoms with Crippen LogP contribution in [0.3, 0.4) is 0 Å². The molecule has 4 nitrogen and oxygen atoms in total. The Kier molecular flexibility index (Phi) is 5.75. The monoisotopic (exact) mass is 482 g/mol. The van der Waals surface area contributed by atoms with E-state index >= 15 is 0 Å². The van der Waals surface area contributed by atoms with E-state index in [2.05, 4.69) is 15.9 Å². The molecule has 4 rings (SSSR count). The van der Waals surface area contributed by atoms with Crippen LogP contribution in [0.4, 0.5) is 0 Å². The van der Waals surface area contributed by atoms with Gasteiger partial charge in [0.2, 0.25) is 5.78 Å². The highest BCUT2D eigenvalue weighted by Gasteiger charge is 2.31. The molecule has 0 bridgehead atoms. The van der Waals surface area contributed by atoms with Gasteiger partial charge < -0.3 is 9.47 Å². The first-order chi connectivity index (χ1) is 14.4. The summed E-state index contributed by atoms with van der Waals surface area (Å²) in [6.07, 6.45) is 1.68.